The molecule has 1 aromatic carbocycles. The molecule has 0 radical (unpaired) electrons. The van der Waals surface area contributed by atoms with Crippen LogP contribution in [0.3, 0.4) is 0 Å². The number of nitriles is 1. The van der Waals surface area contributed by atoms with Gasteiger partial charge in [0.05, 0.1) is 23.7 Å². The molecule has 1 rings (SSSR count). The predicted octanol–water partition coefficient (Wildman–Crippen LogP) is 3.58. The van der Waals surface area contributed by atoms with Crippen molar-refractivity contribution in [2.45, 2.75) is 39.5 Å². The van der Waals surface area contributed by atoms with Gasteiger partial charge in [-0.15, -0.1) is 0 Å². The van der Waals surface area contributed by atoms with Crippen LogP contribution in [0, 0.1) is 21.4 Å². The molecule has 7 nitrogen and oxygen atoms in total. The second-order valence-corrected chi connectivity index (χ2v) is 6.72. The summed E-state index contributed by atoms with van der Waals surface area (Å²) in [6, 6.07) is 4.62. The second-order valence-electron chi connectivity index (χ2n) is 6.11. The smallest absolute Gasteiger partial charge is 0.327 e. The molecule has 0 amide bonds. The van der Waals surface area contributed by atoms with Gasteiger partial charge in [-0.3, -0.25) is 14.9 Å². The minimum atomic E-state index is -1.40. The molecule has 26 heavy (non-hydrogen) atoms. The molecule has 0 aromatic heterocycles. The maximum absolute atomic E-state index is 11.9. The Morgan fingerprint density at radius 1 is 1.35 bits per heavy atom. The number of benzene rings is 1. The third-order valence-electron chi connectivity index (χ3n) is 3.91. The van der Waals surface area contributed by atoms with E-state index in [4.69, 9.17) is 18.0 Å². The summed E-state index contributed by atoms with van der Waals surface area (Å²) in [4.78, 5) is 23.4. The molecule has 1 aromatic rings. The summed E-state index contributed by atoms with van der Waals surface area (Å²) in [6.45, 7) is 7.16. The van der Waals surface area contributed by atoms with Gasteiger partial charge in [0.15, 0.2) is 5.92 Å². The zero-order chi connectivity index (χ0) is 20.2. The summed E-state index contributed by atoms with van der Waals surface area (Å²) < 4.78 is 4.61. The van der Waals surface area contributed by atoms with Crippen molar-refractivity contribution in [2.24, 2.45) is 5.73 Å². The van der Waals surface area contributed by atoms with Crippen LogP contribution in [0.5, 0.6) is 0 Å². The molecule has 0 aliphatic heterocycles. The van der Waals surface area contributed by atoms with Gasteiger partial charge in [-0.25, -0.2) is 0 Å². The Morgan fingerprint density at radius 2 is 1.92 bits per heavy atom. The highest BCUT2D eigenvalue weighted by molar-refractivity contribution is 7.81. The number of ether oxygens (including phenoxy) is 1. The zero-order valence-corrected chi connectivity index (χ0v) is 16.1. The Hall–Kier alpha value is -2.79. The first kappa shape index (κ1) is 21.3. The van der Waals surface area contributed by atoms with Gasteiger partial charge in [-0.05, 0) is 37.0 Å². The summed E-state index contributed by atoms with van der Waals surface area (Å²) in [5, 5.41) is 21.0. The van der Waals surface area contributed by atoms with Crippen LogP contribution in [-0.2, 0) is 9.53 Å². The van der Waals surface area contributed by atoms with Crippen LogP contribution < -0.4 is 5.73 Å². The molecule has 0 saturated heterocycles. The van der Waals surface area contributed by atoms with Gasteiger partial charge in [0, 0.05) is 22.2 Å². The Kier molecular flexibility index (Phi) is 6.98. The lowest BCUT2D eigenvalue weighted by atomic mass is 9.85. The van der Waals surface area contributed by atoms with Crippen molar-refractivity contribution in [1.29, 1.82) is 5.26 Å². The van der Waals surface area contributed by atoms with Crippen LogP contribution in [0.1, 0.15) is 56.2 Å². The number of methoxy groups -OCH3 is 1. The molecule has 1 unspecified atom stereocenters. The van der Waals surface area contributed by atoms with Crippen molar-refractivity contribution in [2.75, 3.05) is 7.11 Å². The van der Waals surface area contributed by atoms with E-state index in [0.717, 1.165) is 7.11 Å². The number of nitro groups is 1. The average molecular weight is 375 g/mol. The number of carbonyl (C=O) groups is 1. The van der Waals surface area contributed by atoms with Crippen molar-refractivity contribution < 1.29 is 14.5 Å². The molecule has 0 fully saturated rings. The minimum Gasteiger partial charge on any atom is -0.468 e. The van der Waals surface area contributed by atoms with Crippen LogP contribution in [0.25, 0.3) is 5.57 Å². The molecular weight excluding hydrogens is 354 g/mol. The SMILES string of the molecule is COC(=O)C(C#N)c1cc(C(C)C)c(/C(C(C)=S)=C(\C)N)cc1[N+](=O)[O-]. The number of nitro benzene ring substituents is 1. The highest BCUT2D eigenvalue weighted by atomic mass is 32.1. The van der Waals surface area contributed by atoms with E-state index < -0.39 is 16.8 Å². The van der Waals surface area contributed by atoms with Crippen LogP contribution in [-0.4, -0.2) is 22.9 Å². The number of hydrogen-bond donors (Lipinski definition) is 1. The third kappa shape index (κ3) is 4.24. The summed E-state index contributed by atoms with van der Waals surface area (Å²) in [7, 11) is 1.13. The Labute approximate surface area is 157 Å². The first-order chi connectivity index (χ1) is 12.1. The largest absolute Gasteiger partial charge is 0.468 e. The van der Waals surface area contributed by atoms with Crippen LogP contribution in [0.4, 0.5) is 5.69 Å². The van der Waals surface area contributed by atoms with Crippen molar-refractivity contribution in [3.05, 3.63) is 44.6 Å². The van der Waals surface area contributed by atoms with Gasteiger partial charge in [0.2, 0.25) is 0 Å². The van der Waals surface area contributed by atoms with E-state index in [9.17, 15) is 20.2 Å². The van der Waals surface area contributed by atoms with Gasteiger partial charge < -0.3 is 10.5 Å². The van der Waals surface area contributed by atoms with Gasteiger partial charge in [-0.1, -0.05) is 26.1 Å². The monoisotopic (exact) mass is 375 g/mol. The highest BCUT2D eigenvalue weighted by Gasteiger charge is 2.31. The molecule has 0 heterocycles. The lowest BCUT2D eigenvalue weighted by Gasteiger charge is -2.19. The maximum Gasteiger partial charge on any atom is 0.327 e. The molecule has 0 saturated carbocycles. The molecule has 0 aliphatic carbocycles. The molecule has 8 heteroatoms. The molecule has 1 atom stereocenters. The number of esters is 1. The summed E-state index contributed by atoms with van der Waals surface area (Å²) in [5.41, 5.74) is 7.82. The highest BCUT2D eigenvalue weighted by Crippen LogP contribution is 2.37. The predicted molar refractivity (Wildman–Crippen MR) is 103 cm³/mol. The normalized spacial score (nSPS) is 12.8. The van der Waals surface area contributed by atoms with E-state index in [2.05, 4.69) is 4.74 Å². The first-order valence-electron chi connectivity index (χ1n) is 7.84. The summed E-state index contributed by atoms with van der Waals surface area (Å²) >= 11 is 5.26. The van der Waals surface area contributed by atoms with E-state index >= 15 is 0 Å². The number of allylic oxidation sites excluding steroid dienone is 2. The Balaban J connectivity index is 3.95. The van der Waals surface area contributed by atoms with E-state index in [-0.39, 0.29) is 17.2 Å². The Morgan fingerprint density at radius 3 is 2.27 bits per heavy atom. The lowest BCUT2D eigenvalue weighted by molar-refractivity contribution is -0.385. The average Bonchev–Trinajstić information content (AvgIpc) is 2.54. The molecule has 0 bridgehead atoms. The van der Waals surface area contributed by atoms with Crippen LogP contribution >= 0.6 is 12.2 Å². The third-order valence-corrected chi connectivity index (χ3v) is 4.11. The van der Waals surface area contributed by atoms with Gasteiger partial charge in [-0.2, -0.15) is 5.26 Å². The first-order valence-corrected chi connectivity index (χ1v) is 8.24. The fourth-order valence-corrected chi connectivity index (χ4v) is 3.02. The fraction of sp³-hybridized carbons (Fsp3) is 0.389. The van der Waals surface area contributed by atoms with E-state index in [1.54, 1.807) is 19.9 Å². The number of carbonyl (C=O) groups excluding carboxylic acids is 1. The standard InChI is InChI=1S/C18H21N3O4S/c1-9(2)12-6-13(15(8-19)18(22)25-5)16(21(23)24)7-14(12)17(10(3)20)11(4)26/h6-7,9,15H,20H2,1-5H3/b17-10+. The minimum absolute atomic E-state index is 0.00662. The Bertz CT molecular complexity index is 834. The number of rotatable bonds is 6. The summed E-state index contributed by atoms with van der Waals surface area (Å²) in [6.07, 6.45) is 0. The molecule has 138 valence electrons. The second kappa shape index (κ2) is 8.54. The van der Waals surface area contributed by atoms with Crippen LogP contribution in [0.15, 0.2) is 17.8 Å². The molecule has 2 N–H and O–H groups in total. The zero-order valence-electron chi connectivity index (χ0n) is 15.3. The van der Waals surface area contributed by atoms with Crippen molar-refractivity contribution in [1.82, 2.24) is 0 Å². The molecule has 0 aliphatic rings. The van der Waals surface area contributed by atoms with E-state index in [1.807, 2.05) is 13.8 Å². The van der Waals surface area contributed by atoms with Gasteiger partial charge in [0.25, 0.3) is 5.69 Å². The van der Waals surface area contributed by atoms with Crippen LogP contribution in [0.2, 0.25) is 0 Å². The number of hydrogen-bond acceptors (Lipinski definition) is 7. The summed E-state index contributed by atoms with van der Waals surface area (Å²) in [5.74, 6) is -2.30. The van der Waals surface area contributed by atoms with E-state index in [0.29, 0.717) is 27.3 Å². The van der Waals surface area contributed by atoms with Gasteiger partial charge >= 0.3 is 5.97 Å². The number of nitrogens with zero attached hydrogens (tertiary/aromatic N) is 2. The fourth-order valence-electron chi connectivity index (χ4n) is 2.75. The quantitative estimate of drug-likeness (QED) is 0.265. The van der Waals surface area contributed by atoms with Gasteiger partial charge in [0.1, 0.15) is 0 Å². The molecular formula is C18H21N3O4S. The van der Waals surface area contributed by atoms with Crippen molar-refractivity contribution >= 4 is 34.3 Å². The van der Waals surface area contributed by atoms with E-state index in [1.165, 1.54) is 12.1 Å². The van der Waals surface area contributed by atoms with Crippen molar-refractivity contribution in [3.63, 3.8) is 0 Å². The number of thiocarbonyl (C=S) groups is 1. The number of nitrogens with two attached hydrogens (primary N) is 1. The van der Waals surface area contributed by atoms with Crippen molar-refractivity contribution in [3.8, 4) is 6.07 Å². The molecule has 0 spiro atoms. The maximum atomic E-state index is 11.9. The topological polar surface area (TPSA) is 119 Å². The lowest BCUT2D eigenvalue weighted by Crippen LogP contribution is -2.16.